The second kappa shape index (κ2) is 9.74. The molecule has 1 aromatic carbocycles. The first-order valence-electron chi connectivity index (χ1n) is 9.81. The van der Waals surface area contributed by atoms with Crippen LogP contribution in [0.2, 0.25) is 5.02 Å². The topological polar surface area (TPSA) is 62.7 Å². The zero-order valence-corrected chi connectivity index (χ0v) is 17.6. The number of ether oxygens (including phenoxy) is 1. The first kappa shape index (κ1) is 21.1. The van der Waals surface area contributed by atoms with Gasteiger partial charge >= 0.3 is 0 Å². The number of aromatic nitrogens is 1. The second-order valence-corrected chi connectivity index (χ2v) is 7.70. The fourth-order valence-electron chi connectivity index (χ4n) is 3.38. The number of hydrogen-bond acceptors (Lipinski definition) is 4. The molecule has 2 aromatic rings. The lowest BCUT2D eigenvalue weighted by molar-refractivity contribution is -0.130. The Morgan fingerprint density at radius 3 is 2.66 bits per heavy atom. The van der Waals surface area contributed by atoms with Crippen molar-refractivity contribution in [2.45, 2.75) is 32.3 Å². The van der Waals surface area contributed by atoms with Crippen molar-refractivity contribution < 1.29 is 14.3 Å². The summed E-state index contributed by atoms with van der Waals surface area (Å²) >= 11 is 6.15. The van der Waals surface area contributed by atoms with Crippen molar-refractivity contribution in [1.29, 1.82) is 0 Å². The summed E-state index contributed by atoms with van der Waals surface area (Å²) in [5.74, 6) is 0.477. The number of nitrogens with zero attached hydrogens (tertiary/aromatic N) is 3. The van der Waals surface area contributed by atoms with Crippen molar-refractivity contribution >= 4 is 23.4 Å². The zero-order chi connectivity index (χ0) is 20.8. The molecule has 1 saturated heterocycles. The van der Waals surface area contributed by atoms with E-state index in [4.69, 9.17) is 16.3 Å². The van der Waals surface area contributed by atoms with E-state index in [1.54, 1.807) is 43.3 Å². The van der Waals surface area contributed by atoms with E-state index in [-0.39, 0.29) is 17.9 Å². The van der Waals surface area contributed by atoms with Crippen LogP contribution in [0.25, 0.3) is 0 Å². The molecule has 0 saturated carbocycles. The largest absolute Gasteiger partial charge is 0.489 e. The number of likely N-dealkylation sites (tertiary alicyclic amines) is 1. The number of hydrogen-bond donors (Lipinski definition) is 0. The Morgan fingerprint density at radius 2 is 2.00 bits per heavy atom. The van der Waals surface area contributed by atoms with Crippen LogP contribution in [-0.4, -0.2) is 59.4 Å². The number of benzene rings is 1. The molecule has 0 spiro atoms. The lowest BCUT2D eigenvalue weighted by Gasteiger charge is -2.32. The quantitative estimate of drug-likeness (QED) is 0.725. The van der Waals surface area contributed by atoms with Crippen LogP contribution in [0.3, 0.4) is 0 Å². The maximum atomic E-state index is 13.0. The van der Waals surface area contributed by atoms with Gasteiger partial charge < -0.3 is 14.5 Å². The molecule has 0 atom stereocenters. The summed E-state index contributed by atoms with van der Waals surface area (Å²) in [7, 11) is 1.77. The van der Waals surface area contributed by atoms with Crippen molar-refractivity contribution in [3.05, 3.63) is 58.9 Å². The molecule has 29 heavy (non-hydrogen) atoms. The Morgan fingerprint density at radius 1 is 1.24 bits per heavy atom. The van der Waals surface area contributed by atoms with Crippen molar-refractivity contribution in [3.63, 3.8) is 0 Å². The molecule has 0 aliphatic carbocycles. The number of carbonyl (C=O) groups is 2. The van der Waals surface area contributed by atoms with Crippen LogP contribution in [-0.2, 0) is 11.2 Å². The fourth-order valence-corrected chi connectivity index (χ4v) is 3.55. The van der Waals surface area contributed by atoms with E-state index >= 15 is 0 Å². The molecule has 1 aliphatic heterocycles. The second-order valence-electron chi connectivity index (χ2n) is 7.26. The number of pyridine rings is 1. The molecule has 1 aliphatic rings. The van der Waals surface area contributed by atoms with E-state index in [0.717, 1.165) is 18.5 Å². The molecule has 0 N–H and O–H groups in total. The van der Waals surface area contributed by atoms with E-state index in [1.807, 2.05) is 23.1 Å². The van der Waals surface area contributed by atoms with Crippen LogP contribution in [0.5, 0.6) is 5.75 Å². The molecular formula is C22H26ClN3O3. The average Bonchev–Trinajstić information content (AvgIpc) is 2.74. The van der Waals surface area contributed by atoms with Gasteiger partial charge in [0.15, 0.2) is 0 Å². The highest BCUT2D eigenvalue weighted by atomic mass is 35.5. The number of rotatable bonds is 6. The highest BCUT2D eigenvalue weighted by Crippen LogP contribution is 2.27. The zero-order valence-electron chi connectivity index (χ0n) is 16.8. The Labute approximate surface area is 176 Å². The molecule has 1 aromatic heterocycles. The van der Waals surface area contributed by atoms with Crippen LogP contribution >= 0.6 is 11.6 Å². The first-order chi connectivity index (χ1) is 13.9. The monoisotopic (exact) mass is 415 g/mol. The molecule has 2 amide bonds. The molecule has 6 nitrogen and oxygen atoms in total. The molecule has 0 radical (unpaired) electrons. The van der Waals surface area contributed by atoms with Gasteiger partial charge in [-0.15, -0.1) is 0 Å². The Hall–Kier alpha value is -2.60. The van der Waals surface area contributed by atoms with Crippen LogP contribution in [0, 0.1) is 0 Å². The maximum absolute atomic E-state index is 13.0. The van der Waals surface area contributed by atoms with Gasteiger partial charge in [0.1, 0.15) is 11.9 Å². The number of halogens is 1. The smallest absolute Gasteiger partial charge is 0.257 e. The van der Waals surface area contributed by atoms with Gasteiger partial charge in [-0.1, -0.05) is 17.7 Å². The van der Waals surface area contributed by atoms with Gasteiger partial charge in [0.05, 0.1) is 5.56 Å². The van der Waals surface area contributed by atoms with Crippen LogP contribution in [0.4, 0.5) is 0 Å². The Bertz CT molecular complexity index is 852. The minimum Gasteiger partial charge on any atom is -0.489 e. The predicted octanol–water partition coefficient (Wildman–Crippen LogP) is 3.44. The third-order valence-corrected chi connectivity index (χ3v) is 5.36. The summed E-state index contributed by atoms with van der Waals surface area (Å²) in [5, 5.41) is 0.491. The molecule has 0 unspecified atom stereocenters. The van der Waals surface area contributed by atoms with E-state index in [1.165, 1.54) is 0 Å². The average molecular weight is 416 g/mol. The molecule has 3 rings (SSSR count). The van der Waals surface area contributed by atoms with E-state index in [9.17, 15) is 9.59 Å². The van der Waals surface area contributed by atoms with Crippen LogP contribution < -0.4 is 4.74 Å². The molecule has 2 heterocycles. The number of likely N-dealkylation sites (N-methyl/N-ethyl adjacent to an activating group) is 1. The van der Waals surface area contributed by atoms with Crippen molar-refractivity contribution in [1.82, 2.24) is 14.8 Å². The first-order valence-corrected chi connectivity index (χ1v) is 10.2. The molecular weight excluding hydrogens is 390 g/mol. The third kappa shape index (κ3) is 5.70. The van der Waals surface area contributed by atoms with E-state index < -0.39 is 0 Å². The van der Waals surface area contributed by atoms with Crippen molar-refractivity contribution in [3.8, 4) is 5.75 Å². The molecule has 154 valence electrons. The minimum atomic E-state index is -0.139. The number of piperidine rings is 1. The summed E-state index contributed by atoms with van der Waals surface area (Å²) in [5.41, 5.74) is 1.39. The summed E-state index contributed by atoms with van der Waals surface area (Å²) in [6, 6.07) is 10.9. The van der Waals surface area contributed by atoms with Gasteiger partial charge in [0.2, 0.25) is 5.91 Å². The highest BCUT2D eigenvalue weighted by molar-refractivity contribution is 6.31. The van der Waals surface area contributed by atoms with Crippen molar-refractivity contribution in [2.75, 3.05) is 26.7 Å². The van der Waals surface area contributed by atoms with Gasteiger partial charge in [0.25, 0.3) is 5.91 Å². The molecule has 0 bridgehead atoms. The normalized spacial score (nSPS) is 14.5. The van der Waals surface area contributed by atoms with Crippen LogP contribution in [0.1, 0.15) is 35.8 Å². The SMILES string of the molecule is CC(=O)N1CCC(Oc2ccc(Cl)cc2C(=O)N(C)CCc2ccccn2)CC1. The summed E-state index contributed by atoms with van der Waals surface area (Å²) < 4.78 is 6.15. The third-order valence-electron chi connectivity index (χ3n) is 5.13. The Balaban J connectivity index is 1.66. The van der Waals surface area contributed by atoms with E-state index in [2.05, 4.69) is 4.98 Å². The molecule has 7 heteroatoms. The fraction of sp³-hybridized carbons (Fsp3) is 0.409. The maximum Gasteiger partial charge on any atom is 0.257 e. The van der Waals surface area contributed by atoms with Crippen LogP contribution in [0.15, 0.2) is 42.6 Å². The standard InChI is InChI=1S/C22H26ClN3O3/c1-16(27)26-13-9-19(10-14-26)29-21-7-6-17(23)15-20(21)22(28)25(2)12-8-18-5-3-4-11-24-18/h3-7,11,15,19H,8-10,12-14H2,1-2H3. The van der Waals surface area contributed by atoms with Crippen molar-refractivity contribution in [2.24, 2.45) is 0 Å². The summed E-state index contributed by atoms with van der Waals surface area (Å²) in [6.45, 7) is 3.46. The van der Waals surface area contributed by atoms with Gasteiger partial charge in [-0.25, -0.2) is 0 Å². The lowest BCUT2D eigenvalue weighted by atomic mass is 10.1. The van der Waals surface area contributed by atoms with Gasteiger partial charge in [-0.05, 0) is 30.3 Å². The van der Waals surface area contributed by atoms with E-state index in [0.29, 0.717) is 42.4 Å². The minimum absolute atomic E-state index is 0.0304. The predicted molar refractivity (Wildman–Crippen MR) is 112 cm³/mol. The van der Waals surface area contributed by atoms with Gasteiger partial charge in [0, 0.05) is 69.8 Å². The molecule has 1 fully saturated rings. The highest BCUT2D eigenvalue weighted by Gasteiger charge is 2.24. The number of amides is 2. The Kier molecular flexibility index (Phi) is 7.09. The summed E-state index contributed by atoms with van der Waals surface area (Å²) in [6.07, 6.45) is 3.87. The lowest BCUT2D eigenvalue weighted by Crippen LogP contribution is -2.40. The van der Waals surface area contributed by atoms with Gasteiger partial charge in [-0.2, -0.15) is 0 Å². The van der Waals surface area contributed by atoms with Gasteiger partial charge in [-0.3, -0.25) is 14.6 Å². The summed E-state index contributed by atoms with van der Waals surface area (Å²) in [4.78, 5) is 32.3. The number of carbonyl (C=O) groups excluding carboxylic acids is 2.